The monoisotopic (exact) mass is 209 g/mol. The Kier molecular flexibility index (Phi) is 4.66. The molecule has 0 saturated carbocycles. The second-order valence-corrected chi connectivity index (χ2v) is 2.42. The van der Waals surface area contributed by atoms with Crippen LogP contribution in [-0.4, -0.2) is 11.5 Å². The van der Waals surface area contributed by atoms with Crippen LogP contribution in [0.3, 0.4) is 0 Å². The van der Waals surface area contributed by atoms with Gasteiger partial charge >= 0.3 is 0 Å². The summed E-state index contributed by atoms with van der Waals surface area (Å²) in [6.45, 7) is 0. The molecule has 0 heterocycles. The van der Waals surface area contributed by atoms with E-state index in [1.165, 1.54) is 12.1 Å². The molecule has 3 N–H and O–H groups in total. The zero-order chi connectivity index (χ0) is 9.14. The lowest BCUT2D eigenvalue weighted by Crippen LogP contribution is -2.18. The van der Waals surface area contributed by atoms with E-state index in [2.05, 4.69) is 0 Å². The number of aromatic hydroxyl groups is 1. The summed E-state index contributed by atoms with van der Waals surface area (Å²) < 4.78 is 24.1. The molecule has 0 spiro atoms. The van der Waals surface area contributed by atoms with Gasteiger partial charge < -0.3 is 10.8 Å². The molecule has 0 aliphatic heterocycles. The molecule has 0 radical (unpaired) electrons. The topological polar surface area (TPSA) is 46.2 Å². The van der Waals surface area contributed by atoms with Crippen LogP contribution in [-0.2, 0) is 0 Å². The van der Waals surface area contributed by atoms with Gasteiger partial charge in [0.2, 0.25) is 0 Å². The zero-order valence-corrected chi connectivity index (χ0v) is 7.47. The van der Waals surface area contributed by atoms with Gasteiger partial charge in [-0.25, -0.2) is 8.78 Å². The van der Waals surface area contributed by atoms with E-state index >= 15 is 0 Å². The van der Waals surface area contributed by atoms with Gasteiger partial charge in [-0.1, -0.05) is 18.2 Å². The molecule has 0 aliphatic carbocycles. The molecule has 1 rings (SSSR count). The summed E-state index contributed by atoms with van der Waals surface area (Å²) in [5.41, 5.74) is 5.20. The lowest BCUT2D eigenvalue weighted by Gasteiger charge is -2.11. The predicted molar refractivity (Wildman–Crippen MR) is 48.3 cm³/mol. The van der Waals surface area contributed by atoms with Crippen molar-refractivity contribution in [2.75, 3.05) is 0 Å². The first-order valence-electron chi connectivity index (χ1n) is 3.44. The Morgan fingerprint density at radius 1 is 1.23 bits per heavy atom. The number of alkyl halides is 2. The number of nitrogens with two attached hydrogens (primary N) is 1. The minimum absolute atomic E-state index is 0. The van der Waals surface area contributed by atoms with E-state index in [1.807, 2.05) is 0 Å². The average Bonchev–Trinajstić information content (AvgIpc) is 2.04. The first kappa shape index (κ1) is 12.1. The van der Waals surface area contributed by atoms with Gasteiger partial charge in [-0.15, -0.1) is 12.4 Å². The lowest BCUT2D eigenvalue weighted by atomic mass is 10.1. The number of rotatable bonds is 2. The molecule has 0 amide bonds. The first-order chi connectivity index (χ1) is 5.63. The highest BCUT2D eigenvalue weighted by atomic mass is 35.5. The molecule has 0 saturated heterocycles. The molecule has 0 aliphatic rings. The largest absolute Gasteiger partial charge is 0.508 e. The number of para-hydroxylation sites is 1. The van der Waals surface area contributed by atoms with Crippen molar-refractivity contribution in [2.24, 2.45) is 5.73 Å². The minimum Gasteiger partial charge on any atom is -0.508 e. The molecule has 74 valence electrons. The fourth-order valence-electron chi connectivity index (χ4n) is 0.905. The Morgan fingerprint density at radius 3 is 2.23 bits per heavy atom. The van der Waals surface area contributed by atoms with Crippen LogP contribution in [0.1, 0.15) is 11.6 Å². The van der Waals surface area contributed by atoms with Gasteiger partial charge in [0.1, 0.15) is 5.75 Å². The normalized spacial score (nSPS) is 12.3. The van der Waals surface area contributed by atoms with Crippen LogP contribution in [0, 0.1) is 0 Å². The van der Waals surface area contributed by atoms with Gasteiger partial charge in [0.25, 0.3) is 6.43 Å². The van der Waals surface area contributed by atoms with Crippen LogP contribution >= 0.6 is 12.4 Å². The second kappa shape index (κ2) is 4.99. The number of phenols is 1. The van der Waals surface area contributed by atoms with Crippen LogP contribution in [0.4, 0.5) is 8.78 Å². The average molecular weight is 210 g/mol. The molecular weight excluding hydrogens is 200 g/mol. The van der Waals surface area contributed by atoms with E-state index in [0.717, 1.165) is 0 Å². The summed E-state index contributed by atoms with van der Waals surface area (Å²) in [6.07, 6.45) is -2.65. The van der Waals surface area contributed by atoms with Crippen molar-refractivity contribution in [1.29, 1.82) is 0 Å². The molecule has 2 nitrogen and oxygen atoms in total. The quantitative estimate of drug-likeness (QED) is 0.784. The standard InChI is InChI=1S/C8H9F2NO.ClH/c9-8(10)7(11)5-3-1-2-4-6(5)12;/h1-4,7-8,12H,11H2;1H/t7-;/m0./s1. The number of phenolic OH excluding ortho intramolecular Hbond substituents is 1. The number of hydrogen-bond acceptors (Lipinski definition) is 2. The van der Waals surface area contributed by atoms with Crippen molar-refractivity contribution in [1.82, 2.24) is 0 Å². The molecule has 0 aromatic heterocycles. The van der Waals surface area contributed by atoms with Crippen LogP contribution in [0.2, 0.25) is 0 Å². The van der Waals surface area contributed by atoms with E-state index in [-0.39, 0.29) is 23.7 Å². The lowest BCUT2D eigenvalue weighted by molar-refractivity contribution is 0.115. The van der Waals surface area contributed by atoms with Crippen molar-refractivity contribution in [3.63, 3.8) is 0 Å². The van der Waals surface area contributed by atoms with Crippen molar-refractivity contribution < 1.29 is 13.9 Å². The molecule has 0 fully saturated rings. The van der Waals surface area contributed by atoms with E-state index in [9.17, 15) is 8.78 Å². The SMILES string of the molecule is Cl.N[C@@H](c1ccccc1O)C(F)F. The van der Waals surface area contributed by atoms with Crippen LogP contribution in [0.15, 0.2) is 24.3 Å². The Labute approximate surface area is 80.8 Å². The fourth-order valence-corrected chi connectivity index (χ4v) is 0.905. The Balaban J connectivity index is 0.00000144. The van der Waals surface area contributed by atoms with E-state index in [4.69, 9.17) is 10.8 Å². The summed E-state index contributed by atoms with van der Waals surface area (Å²) in [5, 5.41) is 9.12. The highest BCUT2D eigenvalue weighted by Gasteiger charge is 2.19. The van der Waals surface area contributed by atoms with E-state index in [0.29, 0.717) is 0 Å². The third-order valence-corrected chi connectivity index (χ3v) is 1.57. The van der Waals surface area contributed by atoms with Gasteiger partial charge in [-0.3, -0.25) is 0 Å². The summed E-state index contributed by atoms with van der Waals surface area (Å²) in [6, 6.07) is 4.41. The van der Waals surface area contributed by atoms with Gasteiger partial charge in [0.15, 0.2) is 0 Å². The molecule has 0 unspecified atom stereocenters. The van der Waals surface area contributed by atoms with Crippen molar-refractivity contribution in [3.8, 4) is 5.75 Å². The predicted octanol–water partition coefficient (Wildman–Crippen LogP) is 2.08. The minimum atomic E-state index is -2.65. The number of benzene rings is 1. The smallest absolute Gasteiger partial charge is 0.257 e. The Hall–Kier alpha value is -0.870. The highest BCUT2D eigenvalue weighted by molar-refractivity contribution is 5.85. The van der Waals surface area contributed by atoms with Gasteiger partial charge in [0.05, 0.1) is 6.04 Å². The fraction of sp³-hybridized carbons (Fsp3) is 0.250. The Morgan fingerprint density at radius 2 is 1.77 bits per heavy atom. The van der Waals surface area contributed by atoms with Crippen LogP contribution in [0.5, 0.6) is 5.75 Å². The summed E-state index contributed by atoms with van der Waals surface area (Å²) >= 11 is 0. The molecule has 1 aromatic carbocycles. The molecule has 1 aromatic rings. The number of hydrogen-bond donors (Lipinski definition) is 2. The van der Waals surface area contributed by atoms with Crippen molar-refractivity contribution in [3.05, 3.63) is 29.8 Å². The van der Waals surface area contributed by atoms with Gasteiger partial charge in [0, 0.05) is 5.56 Å². The second-order valence-electron chi connectivity index (χ2n) is 2.42. The van der Waals surface area contributed by atoms with Crippen molar-refractivity contribution in [2.45, 2.75) is 12.5 Å². The molecule has 1 atom stereocenters. The molecular formula is C8H10ClF2NO. The third-order valence-electron chi connectivity index (χ3n) is 1.57. The van der Waals surface area contributed by atoms with Crippen LogP contribution < -0.4 is 5.73 Å². The molecule has 5 heteroatoms. The molecule has 0 bridgehead atoms. The maximum absolute atomic E-state index is 12.1. The highest BCUT2D eigenvalue weighted by Crippen LogP contribution is 2.25. The maximum atomic E-state index is 12.1. The zero-order valence-electron chi connectivity index (χ0n) is 6.65. The summed E-state index contributed by atoms with van der Waals surface area (Å²) in [5.74, 6) is -0.190. The third kappa shape index (κ3) is 2.82. The maximum Gasteiger partial charge on any atom is 0.257 e. The van der Waals surface area contributed by atoms with Gasteiger partial charge in [-0.05, 0) is 6.07 Å². The summed E-state index contributed by atoms with van der Waals surface area (Å²) in [4.78, 5) is 0. The first-order valence-corrected chi connectivity index (χ1v) is 3.44. The Bertz CT molecular complexity index is 270. The van der Waals surface area contributed by atoms with E-state index < -0.39 is 12.5 Å². The summed E-state index contributed by atoms with van der Waals surface area (Å²) in [7, 11) is 0. The van der Waals surface area contributed by atoms with E-state index in [1.54, 1.807) is 12.1 Å². The van der Waals surface area contributed by atoms with Crippen LogP contribution in [0.25, 0.3) is 0 Å². The molecule has 13 heavy (non-hydrogen) atoms. The number of halogens is 3. The van der Waals surface area contributed by atoms with Gasteiger partial charge in [-0.2, -0.15) is 0 Å². The van der Waals surface area contributed by atoms with Crippen molar-refractivity contribution >= 4 is 12.4 Å².